The van der Waals surface area contributed by atoms with Gasteiger partial charge in [0.15, 0.2) is 0 Å². The number of nitrogens with one attached hydrogen (secondary N) is 1. The number of rotatable bonds is 4. The summed E-state index contributed by atoms with van der Waals surface area (Å²) in [7, 11) is 0. The predicted octanol–water partition coefficient (Wildman–Crippen LogP) is 3.19. The van der Waals surface area contributed by atoms with Crippen molar-refractivity contribution in [1.82, 2.24) is 24.8 Å². The van der Waals surface area contributed by atoms with Crippen LogP contribution in [0.2, 0.25) is 0 Å². The number of fused-ring (bicyclic) bond motifs is 1. The molecule has 3 atom stereocenters. The number of hydrogen-bond acceptors (Lipinski definition) is 5. The van der Waals surface area contributed by atoms with Gasteiger partial charge in [-0.2, -0.15) is 0 Å². The molecule has 33 heavy (non-hydrogen) atoms. The molecule has 0 radical (unpaired) electrons. The maximum Gasteiger partial charge on any atom is 0.407 e. The molecule has 0 spiro atoms. The Morgan fingerprint density at radius 1 is 1.27 bits per heavy atom. The smallest absolute Gasteiger partial charge is 0.407 e. The first-order valence-corrected chi connectivity index (χ1v) is 10.8. The number of carbonyl (C=O) groups is 2. The van der Waals surface area contributed by atoms with Crippen molar-refractivity contribution >= 4 is 28.9 Å². The lowest BCUT2D eigenvalue weighted by molar-refractivity contribution is 0.0940. The highest BCUT2D eigenvalue weighted by atomic mass is 16.4. The summed E-state index contributed by atoms with van der Waals surface area (Å²) in [4.78, 5) is 35.1. The highest BCUT2D eigenvalue weighted by Crippen LogP contribution is 2.36. The number of nitrogen functional groups attached to an aromatic ring is 1. The molecule has 3 aromatic rings. The van der Waals surface area contributed by atoms with E-state index in [1.54, 1.807) is 6.92 Å². The summed E-state index contributed by atoms with van der Waals surface area (Å²) in [6.07, 6.45) is 0.937. The van der Waals surface area contributed by atoms with Crippen molar-refractivity contribution in [2.75, 3.05) is 12.3 Å². The molecule has 0 bridgehead atoms. The van der Waals surface area contributed by atoms with E-state index in [4.69, 9.17) is 5.73 Å². The molecule has 1 aliphatic rings. The van der Waals surface area contributed by atoms with E-state index in [9.17, 15) is 14.7 Å². The molecule has 9 heteroatoms. The number of nitrogens with zero attached hydrogens (tertiary/aromatic N) is 4. The van der Waals surface area contributed by atoms with Crippen LogP contribution in [0.1, 0.15) is 60.9 Å². The lowest BCUT2D eigenvalue weighted by Crippen LogP contribution is -2.32. The molecular weight excluding hydrogens is 420 g/mol. The van der Waals surface area contributed by atoms with Crippen molar-refractivity contribution in [1.29, 1.82) is 0 Å². The van der Waals surface area contributed by atoms with Gasteiger partial charge in [0.2, 0.25) is 0 Å². The van der Waals surface area contributed by atoms with Crippen LogP contribution in [0.4, 0.5) is 10.6 Å². The van der Waals surface area contributed by atoms with Crippen molar-refractivity contribution in [2.24, 2.45) is 0 Å². The first kappa shape index (κ1) is 22.1. The van der Waals surface area contributed by atoms with Crippen LogP contribution >= 0.6 is 0 Å². The molecule has 1 saturated heterocycles. The molecule has 3 heterocycles. The normalized spacial score (nSPS) is 18.6. The Morgan fingerprint density at radius 3 is 2.64 bits per heavy atom. The zero-order chi connectivity index (χ0) is 23.7. The van der Waals surface area contributed by atoms with Crippen molar-refractivity contribution in [3.05, 3.63) is 53.5 Å². The molecule has 0 aliphatic carbocycles. The summed E-state index contributed by atoms with van der Waals surface area (Å²) in [5.74, 6) is 5.78. The topological polar surface area (TPSA) is 126 Å². The van der Waals surface area contributed by atoms with Gasteiger partial charge in [-0.05, 0) is 38.7 Å². The fourth-order valence-corrected chi connectivity index (χ4v) is 4.52. The quantitative estimate of drug-likeness (QED) is 0.529. The summed E-state index contributed by atoms with van der Waals surface area (Å²) in [5, 5.41) is 13.0. The molecule has 1 aliphatic heterocycles. The number of aromatic nitrogens is 3. The van der Waals surface area contributed by atoms with Crippen LogP contribution in [-0.4, -0.2) is 49.1 Å². The zero-order valence-corrected chi connectivity index (χ0v) is 18.7. The monoisotopic (exact) mass is 446 g/mol. The minimum absolute atomic E-state index is 0.177. The molecule has 4 N–H and O–H groups in total. The van der Waals surface area contributed by atoms with E-state index in [1.807, 2.05) is 48.7 Å². The fraction of sp³-hybridized carbons (Fsp3) is 0.333. The molecule has 0 saturated carbocycles. The summed E-state index contributed by atoms with van der Waals surface area (Å²) < 4.78 is 1.85. The molecule has 170 valence electrons. The number of amides is 2. The van der Waals surface area contributed by atoms with Crippen LogP contribution in [0.3, 0.4) is 0 Å². The lowest BCUT2D eigenvalue weighted by atomic mass is 10.1. The summed E-state index contributed by atoms with van der Waals surface area (Å²) in [5.41, 5.74) is 8.42. The number of anilines is 1. The van der Waals surface area contributed by atoms with Gasteiger partial charge >= 0.3 is 6.09 Å². The van der Waals surface area contributed by atoms with Gasteiger partial charge in [-0.3, -0.25) is 4.79 Å². The van der Waals surface area contributed by atoms with Gasteiger partial charge in [-0.1, -0.05) is 36.3 Å². The second-order valence-electron chi connectivity index (χ2n) is 8.21. The third kappa shape index (κ3) is 3.96. The van der Waals surface area contributed by atoms with Crippen LogP contribution in [0.15, 0.2) is 36.7 Å². The van der Waals surface area contributed by atoms with Gasteiger partial charge in [0.05, 0.1) is 23.0 Å². The number of carboxylic acid groups (broad SMARTS) is 1. The molecule has 0 unspecified atom stereocenters. The third-order valence-corrected chi connectivity index (χ3v) is 6.09. The van der Waals surface area contributed by atoms with Gasteiger partial charge in [0, 0.05) is 12.6 Å². The molecule has 2 amide bonds. The van der Waals surface area contributed by atoms with E-state index in [0.29, 0.717) is 28.7 Å². The predicted molar refractivity (Wildman–Crippen MR) is 125 cm³/mol. The van der Waals surface area contributed by atoms with E-state index in [-0.39, 0.29) is 36.4 Å². The van der Waals surface area contributed by atoms with Crippen molar-refractivity contribution in [3.63, 3.8) is 0 Å². The first-order chi connectivity index (χ1) is 15.8. The summed E-state index contributed by atoms with van der Waals surface area (Å²) >= 11 is 0. The number of hydrogen-bond donors (Lipinski definition) is 3. The molecule has 1 fully saturated rings. The molecule has 4 rings (SSSR count). The average Bonchev–Trinajstić information content (AvgIpc) is 3.33. The Morgan fingerprint density at radius 2 is 2.00 bits per heavy atom. The SMILES string of the molecule is CC#Cc1c(C(=O)N[C@H](C)c2ccccc2)c2c(N)ncnc2n1[C@@H]1C[C@H](C)N(C(=O)O)C1. The molecular formula is C24H26N6O3. The second-order valence-corrected chi connectivity index (χ2v) is 8.21. The van der Waals surface area contributed by atoms with Crippen LogP contribution in [0.25, 0.3) is 11.0 Å². The lowest BCUT2D eigenvalue weighted by Gasteiger charge is -2.17. The highest BCUT2D eigenvalue weighted by Gasteiger charge is 2.37. The third-order valence-electron chi connectivity index (χ3n) is 6.09. The van der Waals surface area contributed by atoms with Crippen LogP contribution in [-0.2, 0) is 0 Å². The fourth-order valence-electron chi connectivity index (χ4n) is 4.52. The Labute approximate surface area is 191 Å². The van der Waals surface area contributed by atoms with Crippen molar-refractivity contribution < 1.29 is 14.7 Å². The standard InChI is InChI=1S/C24H26N6O3/c1-4-8-18-19(23(31)28-15(3)16-9-6-5-7-10-16)20-21(25)26-13-27-22(20)30(18)17-11-14(2)29(12-17)24(32)33/h5-7,9-10,13-15,17H,11-12H2,1-3H3,(H,28,31)(H,32,33)(H2,25,26,27)/t14-,15+,17+/m0/s1. The Kier molecular flexibility index (Phi) is 5.92. The van der Waals surface area contributed by atoms with Gasteiger partial charge in [0.25, 0.3) is 5.91 Å². The second kappa shape index (κ2) is 8.82. The maximum atomic E-state index is 13.5. The number of carbonyl (C=O) groups excluding carboxylic acids is 1. The molecule has 9 nitrogen and oxygen atoms in total. The molecule has 2 aromatic heterocycles. The van der Waals surface area contributed by atoms with Crippen molar-refractivity contribution in [2.45, 2.75) is 45.3 Å². The average molecular weight is 447 g/mol. The highest BCUT2D eigenvalue weighted by molar-refractivity contribution is 6.12. The summed E-state index contributed by atoms with van der Waals surface area (Å²) in [6.45, 7) is 5.72. The largest absolute Gasteiger partial charge is 0.465 e. The van der Waals surface area contributed by atoms with Crippen LogP contribution in [0.5, 0.6) is 0 Å². The Bertz CT molecular complexity index is 1270. The van der Waals surface area contributed by atoms with Crippen LogP contribution in [0, 0.1) is 11.8 Å². The van der Waals surface area contributed by atoms with Crippen LogP contribution < -0.4 is 11.1 Å². The Hall–Kier alpha value is -4.06. The minimum atomic E-state index is -0.978. The van der Waals surface area contributed by atoms with E-state index < -0.39 is 6.09 Å². The van der Waals surface area contributed by atoms with Gasteiger partial charge < -0.3 is 25.6 Å². The van der Waals surface area contributed by atoms with E-state index in [0.717, 1.165) is 5.56 Å². The van der Waals surface area contributed by atoms with Crippen molar-refractivity contribution in [3.8, 4) is 11.8 Å². The minimum Gasteiger partial charge on any atom is -0.465 e. The van der Waals surface area contributed by atoms with E-state index >= 15 is 0 Å². The zero-order valence-electron chi connectivity index (χ0n) is 18.7. The van der Waals surface area contributed by atoms with Gasteiger partial charge in [-0.25, -0.2) is 14.8 Å². The number of nitrogens with two attached hydrogens (primary N) is 1. The number of likely N-dealkylation sites (tertiary alicyclic amines) is 1. The van der Waals surface area contributed by atoms with Gasteiger partial charge in [-0.15, -0.1) is 0 Å². The first-order valence-electron chi connectivity index (χ1n) is 10.8. The maximum absolute atomic E-state index is 13.5. The van der Waals surface area contributed by atoms with Gasteiger partial charge in [0.1, 0.15) is 23.5 Å². The number of benzene rings is 1. The van der Waals surface area contributed by atoms with E-state index in [1.165, 1.54) is 11.2 Å². The Balaban J connectivity index is 1.84. The van der Waals surface area contributed by atoms with E-state index in [2.05, 4.69) is 27.1 Å². The molecule has 1 aromatic carbocycles. The summed E-state index contributed by atoms with van der Waals surface area (Å²) in [6, 6.07) is 8.97.